The Bertz CT molecular complexity index is 680. The van der Waals surface area contributed by atoms with Crippen LogP contribution in [0.2, 0.25) is 0 Å². The molecule has 0 aliphatic rings. The first-order valence-electron chi connectivity index (χ1n) is 8.54. The van der Waals surface area contributed by atoms with Crippen LogP contribution in [0, 0.1) is 0 Å². The summed E-state index contributed by atoms with van der Waals surface area (Å²) in [6.45, 7) is 8.52. The molecule has 0 spiro atoms. The first-order chi connectivity index (χ1) is 11.9. The van der Waals surface area contributed by atoms with Crippen molar-refractivity contribution in [2.75, 3.05) is 13.4 Å². The van der Waals surface area contributed by atoms with Gasteiger partial charge in [-0.2, -0.15) is 0 Å². The van der Waals surface area contributed by atoms with Crippen molar-refractivity contribution in [2.24, 2.45) is 0 Å². The molecule has 0 atom stereocenters. The maximum atomic E-state index is 5.86. The van der Waals surface area contributed by atoms with Gasteiger partial charge >= 0.3 is 0 Å². The zero-order chi connectivity index (χ0) is 18.3. The second-order valence-electron chi connectivity index (χ2n) is 7.01. The second kappa shape index (κ2) is 9.27. The molecule has 0 radical (unpaired) electrons. The molecule has 2 aromatic carbocycles. The first kappa shape index (κ1) is 19.8. The Balaban J connectivity index is 1.89. The standard InChI is InChI=1S/C21H29NO2S/c1-21(2,3)24-15-18-8-6-7-16(11-18)13-22-14-17-9-10-20(25-5)19(12-17)23-4/h6-12,22H,13-15H2,1-5H3. The van der Waals surface area contributed by atoms with Gasteiger partial charge in [0.25, 0.3) is 0 Å². The van der Waals surface area contributed by atoms with E-state index in [1.807, 2.05) is 0 Å². The fourth-order valence-electron chi connectivity index (χ4n) is 2.47. The lowest BCUT2D eigenvalue weighted by Gasteiger charge is -2.19. The minimum atomic E-state index is -0.115. The van der Waals surface area contributed by atoms with Crippen LogP contribution in [0.4, 0.5) is 0 Å². The molecule has 0 fully saturated rings. The molecule has 1 N–H and O–H groups in total. The van der Waals surface area contributed by atoms with Gasteiger partial charge in [-0.25, -0.2) is 0 Å². The number of ether oxygens (including phenoxy) is 2. The summed E-state index contributed by atoms with van der Waals surface area (Å²) in [5.74, 6) is 0.938. The molecule has 0 aromatic heterocycles. The van der Waals surface area contributed by atoms with E-state index in [-0.39, 0.29) is 5.60 Å². The highest BCUT2D eigenvalue weighted by Gasteiger charge is 2.10. The summed E-state index contributed by atoms with van der Waals surface area (Å²) in [6.07, 6.45) is 2.06. The molecule has 0 aliphatic heterocycles. The van der Waals surface area contributed by atoms with E-state index >= 15 is 0 Å². The summed E-state index contributed by atoms with van der Waals surface area (Å²) < 4.78 is 11.3. The first-order valence-corrected chi connectivity index (χ1v) is 9.77. The Morgan fingerprint density at radius 3 is 2.28 bits per heavy atom. The molecule has 0 amide bonds. The van der Waals surface area contributed by atoms with Gasteiger partial charge in [-0.05, 0) is 55.9 Å². The van der Waals surface area contributed by atoms with Crippen molar-refractivity contribution in [1.29, 1.82) is 0 Å². The minimum Gasteiger partial charge on any atom is -0.496 e. The average Bonchev–Trinajstić information content (AvgIpc) is 2.59. The minimum absolute atomic E-state index is 0.115. The van der Waals surface area contributed by atoms with Crippen molar-refractivity contribution in [3.63, 3.8) is 0 Å². The summed E-state index contributed by atoms with van der Waals surface area (Å²) in [7, 11) is 1.72. The Morgan fingerprint density at radius 1 is 0.960 bits per heavy atom. The monoisotopic (exact) mass is 359 g/mol. The molecule has 0 aliphatic carbocycles. The van der Waals surface area contributed by atoms with Gasteiger partial charge in [0.05, 0.1) is 19.3 Å². The molecule has 2 aromatic rings. The molecule has 0 heterocycles. The third-order valence-corrected chi connectivity index (χ3v) is 4.55. The van der Waals surface area contributed by atoms with E-state index in [9.17, 15) is 0 Å². The van der Waals surface area contributed by atoms with E-state index < -0.39 is 0 Å². The van der Waals surface area contributed by atoms with Crippen molar-refractivity contribution < 1.29 is 9.47 Å². The summed E-state index contributed by atoms with van der Waals surface area (Å²) in [5.41, 5.74) is 3.58. The zero-order valence-electron chi connectivity index (χ0n) is 15.9. The topological polar surface area (TPSA) is 30.5 Å². The Morgan fingerprint density at radius 2 is 1.64 bits per heavy atom. The average molecular weight is 360 g/mol. The van der Waals surface area contributed by atoms with E-state index in [0.717, 1.165) is 23.7 Å². The van der Waals surface area contributed by atoms with Crippen molar-refractivity contribution in [3.8, 4) is 5.75 Å². The number of thioether (sulfide) groups is 1. The van der Waals surface area contributed by atoms with Crippen LogP contribution in [0.1, 0.15) is 37.5 Å². The van der Waals surface area contributed by atoms with Crippen LogP contribution in [0.25, 0.3) is 0 Å². The maximum Gasteiger partial charge on any atom is 0.132 e. The third kappa shape index (κ3) is 6.73. The van der Waals surface area contributed by atoms with Crippen LogP contribution >= 0.6 is 11.8 Å². The number of hydrogen-bond donors (Lipinski definition) is 1. The van der Waals surface area contributed by atoms with E-state index in [0.29, 0.717) is 6.61 Å². The van der Waals surface area contributed by atoms with Gasteiger partial charge < -0.3 is 14.8 Å². The van der Waals surface area contributed by atoms with Crippen LogP contribution in [0.15, 0.2) is 47.4 Å². The lowest BCUT2D eigenvalue weighted by atomic mass is 10.1. The normalized spacial score (nSPS) is 11.6. The molecular weight excluding hydrogens is 330 g/mol. The van der Waals surface area contributed by atoms with E-state index in [2.05, 4.69) is 74.8 Å². The van der Waals surface area contributed by atoms with E-state index in [1.54, 1.807) is 18.9 Å². The lowest BCUT2D eigenvalue weighted by molar-refractivity contribution is -0.0149. The lowest BCUT2D eigenvalue weighted by Crippen LogP contribution is -2.18. The van der Waals surface area contributed by atoms with Crippen molar-refractivity contribution >= 4 is 11.8 Å². The summed E-state index contributed by atoms with van der Waals surface area (Å²) in [4.78, 5) is 1.16. The summed E-state index contributed by atoms with van der Waals surface area (Å²) >= 11 is 1.70. The molecule has 25 heavy (non-hydrogen) atoms. The number of nitrogens with one attached hydrogen (secondary N) is 1. The molecule has 0 saturated heterocycles. The molecule has 136 valence electrons. The van der Waals surface area contributed by atoms with E-state index in [1.165, 1.54) is 16.7 Å². The van der Waals surface area contributed by atoms with Crippen molar-refractivity contribution in [2.45, 2.75) is 51.0 Å². The van der Waals surface area contributed by atoms with Crippen LogP contribution < -0.4 is 10.1 Å². The van der Waals surface area contributed by atoms with Gasteiger partial charge in [-0.3, -0.25) is 0 Å². The molecule has 3 nitrogen and oxygen atoms in total. The smallest absolute Gasteiger partial charge is 0.132 e. The fourth-order valence-corrected chi connectivity index (χ4v) is 3.02. The molecule has 2 rings (SSSR count). The number of methoxy groups -OCH3 is 1. The SMILES string of the molecule is COc1cc(CNCc2cccc(COC(C)(C)C)c2)ccc1SC. The van der Waals surface area contributed by atoms with Gasteiger partial charge in [-0.1, -0.05) is 30.3 Å². The van der Waals surface area contributed by atoms with Crippen LogP contribution in [0.3, 0.4) is 0 Å². The largest absolute Gasteiger partial charge is 0.496 e. The third-order valence-electron chi connectivity index (χ3n) is 3.77. The van der Waals surface area contributed by atoms with Crippen molar-refractivity contribution in [1.82, 2.24) is 5.32 Å². The molecule has 4 heteroatoms. The molecule has 0 saturated carbocycles. The highest BCUT2D eigenvalue weighted by atomic mass is 32.2. The van der Waals surface area contributed by atoms with Gasteiger partial charge in [0.1, 0.15) is 5.75 Å². The number of benzene rings is 2. The Labute approximate surface area is 156 Å². The predicted octanol–water partition coefficient (Wildman–Crippen LogP) is 5.02. The molecule has 0 unspecified atom stereocenters. The van der Waals surface area contributed by atoms with Gasteiger partial charge in [0, 0.05) is 18.0 Å². The van der Waals surface area contributed by atoms with Gasteiger partial charge in [0.2, 0.25) is 0 Å². The Hall–Kier alpha value is -1.49. The Kier molecular flexibility index (Phi) is 7.36. The second-order valence-corrected chi connectivity index (χ2v) is 7.86. The summed E-state index contributed by atoms with van der Waals surface area (Å²) in [6, 6.07) is 14.9. The predicted molar refractivity (Wildman–Crippen MR) is 106 cm³/mol. The molecular formula is C21H29NO2S. The zero-order valence-corrected chi connectivity index (χ0v) is 16.7. The highest BCUT2D eigenvalue weighted by molar-refractivity contribution is 7.98. The fraction of sp³-hybridized carbons (Fsp3) is 0.429. The number of hydrogen-bond acceptors (Lipinski definition) is 4. The quantitative estimate of drug-likeness (QED) is 0.670. The van der Waals surface area contributed by atoms with Crippen LogP contribution in [0.5, 0.6) is 5.75 Å². The maximum absolute atomic E-state index is 5.86. The number of rotatable bonds is 8. The summed E-state index contributed by atoms with van der Waals surface area (Å²) in [5, 5.41) is 3.50. The van der Waals surface area contributed by atoms with Crippen molar-refractivity contribution in [3.05, 3.63) is 59.2 Å². The van der Waals surface area contributed by atoms with E-state index in [4.69, 9.17) is 9.47 Å². The van der Waals surface area contributed by atoms with Crippen LogP contribution in [-0.4, -0.2) is 19.0 Å². The van der Waals surface area contributed by atoms with Gasteiger partial charge in [-0.15, -0.1) is 11.8 Å². The van der Waals surface area contributed by atoms with Gasteiger partial charge in [0.15, 0.2) is 0 Å². The highest BCUT2D eigenvalue weighted by Crippen LogP contribution is 2.28. The molecule has 0 bridgehead atoms. The van der Waals surface area contributed by atoms with Crippen LogP contribution in [-0.2, 0) is 24.4 Å².